The van der Waals surface area contributed by atoms with Gasteiger partial charge >= 0.3 is 0 Å². The van der Waals surface area contributed by atoms with Gasteiger partial charge in [0, 0.05) is 35.4 Å². The number of aliphatic hydroxyl groups excluding tert-OH is 1. The summed E-state index contributed by atoms with van der Waals surface area (Å²) in [5.74, 6) is -1.90. The molecule has 4 nitrogen and oxygen atoms in total. The van der Waals surface area contributed by atoms with Crippen LogP contribution in [0.15, 0.2) is 48.1 Å². The molecule has 0 bridgehead atoms. The molecule has 4 aliphatic rings. The molecule has 0 heterocycles. The van der Waals surface area contributed by atoms with Crippen molar-refractivity contribution in [3.8, 4) is 0 Å². The minimum atomic E-state index is -2.20. The number of ketones is 1. The van der Waals surface area contributed by atoms with Crippen LogP contribution in [-0.2, 0) is 16.1 Å². The summed E-state index contributed by atoms with van der Waals surface area (Å²) in [5, 5.41) is 12.3. The quantitative estimate of drug-likeness (QED) is 0.273. The lowest BCUT2D eigenvalue weighted by atomic mass is 9.40. The highest BCUT2D eigenvalue weighted by Crippen LogP contribution is 2.75. The largest absolute Gasteiger partial charge is 0.390 e. The maximum absolute atomic E-state index is 17.7. The molecule has 0 aliphatic heterocycles. The fourth-order valence-electron chi connectivity index (χ4n) is 8.81. The van der Waals surface area contributed by atoms with E-state index in [4.69, 9.17) is 23.2 Å². The van der Waals surface area contributed by atoms with E-state index in [0.29, 0.717) is 24.5 Å². The van der Waals surface area contributed by atoms with Crippen LogP contribution < -0.4 is 0 Å². The number of fused-ring (bicyclic) bond motifs is 5. The number of thioether (sulfide) groups is 1. The van der Waals surface area contributed by atoms with Gasteiger partial charge in [0.15, 0.2) is 16.6 Å². The molecular weight excluding hydrogens is 594 g/mol. The van der Waals surface area contributed by atoms with Crippen molar-refractivity contribution in [3.05, 3.63) is 58.7 Å². The lowest BCUT2D eigenvalue weighted by molar-refractivity contribution is -0.231. The van der Waals surface area contributed by atoms with Crippen molar-refractivity contribution in [2.75, 3.05) is 11.8 Å². The third kappa shape index (κ3) is 4.48. The molecule has 1 N–H and O–H groups in total. The molecule has 5 rings (SSSR count). The molecule has 0 amide bonds. The predicted octanol–water partition coefficient (Wildman–Crippen LogP) is 6.94. The van der Waals surface area contributed by atoms with Gasteiger partial charge in [-0.2, -0.15) is 0 Å². The summed E-state index contributed by atoms with van der Waals surface area (Å²) in [6.07, 6.45) is 1.39. The van der Waals surface area contributed by atoms with E-state index in [1.807, 2.05) is 38.1 Å². The van der Waals surface area contributed by atoms with Crippen LogP contribution in [-0.4, -0.2) is 50.4 Å². The summed E-state index contributed by atoms with van der Waals surface area (Å²) in [4.78, 5) is 25.8. The molecule has 0 saturated heterocycles. The van der Waals surface area contributed by atoms with Crippen molar-refractivity contribution in [2.45, 2.75) is 64.5 Å². The number of carbonyl (C=O) groups excluding carboxylic acids is 2. The highest BCUT2D eigenvalue weighted by molar-refractivity contribution is 8.14. The zero-order chi connectivity index (χ0) is 29.3. The van der Waals surface area contributed by atoms with E-state index in [0.717, 1.165) is 17.3 Å². The van der Waals surface area contributed by atoms with E-state index in [2.05, 4.69) is 14.1 Å². The van der Waals surface area contributed by atoms with E-state index in [1.54, 1.807) is 6.92 Å². The van der Waals surface area contributed by atoms with Crippen LogP contribution in [0.4, 0.5) is 8.78 Å². The Hall–Kier alpha value is -0.820. The number of hydrogen-bond acceptors (Lipinski definition) is 5. The predicted molar refractivity (Wildman–Crippen MR) is 161 cm³/mol. The van der Waals surface area contributed by atoms with Crippen LogP contribution in [0.3, 0.4) is 0 Å². The van der Waals surface area contributed by atoms with Gasteiger partial charge in [0.05, 0.1) is 11.3 Å². The maximum atomic E-state index is 17.7. The zero-order valence-corrected chi connectivity index (χ0v) is 26.4. The monoisotopic (exact) mass is 629 g/mol. The molecule has 218 valence electrons. The van der Waals surface area contributed by atoms with Gasteiger partial charge in [-0.3, -0.25) is 14.3 Å². The Bertz CT molecular complexity index is 1270. The second-order valence-corrected chi connectivity index (χ2v) is 15.4. The first-order chi connectivity index (χ1) is 18.7. The van der Waals surface area contributed by atoms with Gasteiger partial charge in [0.2, 0.25) is 0 Å². The fourth-order valence-corrected chi connectivity index (χ4v) is 10.5. The number of halogens is 4. The average Bonchev–Trinajstić information content (AvgIpc) is 3.10. The summed E-state index contributed by atoms with van der Waals surface area (Å²) in [7, 11) is 2.74. The van der Waals surface area contributed by atoms with E-state index < -0.39 is 46.0 Å². The molecule has 0 aromatic heterocycles. The molecule has 10 unspecified atom stereocenters. The van der Waals surface area contributed by atoms with Gasteiger partial charge in [-0.25, -0.2) is 8.78 Å². The van der Waals surface area contributed by atoms with Crippen LogP contribution in [0.5, 0.6) is 0 Å². The molecule has 10 heteroatoms. The minimum absolute atomic E-state index is 0.0574. The Labute approximate surface area is 251 Å². The summed E-state index contributed by atoms with van der Waals surface area (Å²) in [6, 6.07) is 7.57. The lowest BCUT2D eigenvalue weighted by Crippen LogP contribution is -2.71. The second-order valence-electron chi connectivity index (χ2n) is 12.7. The molecule has 40 heavy (non-hydrogen) atoms. The zero-order valence-electron chi connectivity index (χ0n) is 22.9. The van der Waals surface area contributed by atoms with Crippen molar-refractivity contribution in [3.63, 3.8) is 0 Å². The number of carbonyl (C=O) groups is 2. The number of hydrogen-bond donors (Lipinski definition) is 1. The first kappa shape index (κ1) is 30.6. The SMILES string of the molecule is CC12C=CC(=O)C=C1C(F)CC1C3(C)CC(CN(P)Cc4ccc(Cl)cc4)C(C(=O)SCCl)C3(C)CC(O)C12F. The number of alkyl halides is 3. The van der Waals surface area contributed by atoms with Crippen LogP contribution in [0.1, 0.15) is 45.6 Å². The summed E-state index contributed by atoms with van der Waals surface area (Å²) in [5.41, 5.74) is -4.08. The first-order valence-corrected chi connectivity index (χ1v) is 16.1. The maximum Gasteiger partial charge on any atom is 0.194 e. The van der Waals surface area contributed by atoms with Gasteiger partial charge < -0.3 is 5.11 Å². The highest BCUT2D eigenvalue weighted by Gasteiger charge is 2.77. The molecular formula is C30H36Cl2F2NO3PS. The number of aliphatic hydroxyl groups is 1. The van der Waals surface area contributed by atoms with Crippen molar-refractivity contribution < 1.29 is 23.5 Å². The Balaban J connectivity index is 1.54. The third-order valence-electron chi connectivity index (χ3n) is 10.8. The Kier molecular flexibility index (Phi) is 8.21. The Morgan fingerprint density at radius 3 is 2.52 bits per heavy atom. The van der Waals surface area contributed by atoms with Gasteiger partial charge in [0.1, 0.15) is 6.17 Å². The number of rotatable bonds is 6. The average molecular weight is 631 g/mol. The lowest BCUT2D eigenvalue weighted by Gasteiger charge is -2.66. The first-order valence-electron chi connectivity index (χ1n) is 13.6. The van der Waals surface area contributed by atoms with Gasteiger partial charge in [-0.1, -0.05) is 64.8 Å². The van der Waals surface area contributed by atoms with E-state index in [9.17, 15) is 14.7 Å². The summed E-state index contributed by atoms with van der Waals surface area (Å²) >= 11 is 13.1. The highest BCUT2D eigenvalue weighted by atomic mass is 35.5. The smallest absolute Gasteiger partial charge is 0.194 e. The molecule has 1 aromatic rings. The van der Waals surface area contributed by atoms with Gasteiger partial charge in [0.25, 0.3) is 0 Å². The van der Waals surface area contributed by atoms with E-state index in [-0.39, 0.29) is 40.4 Å². The second kappa shape index (κ2) is 10.7. The van der Waals surface area contributed by atoms with Crippen LogP contribution in [0.25, 0.3) is 0 Å². The molecule has 0 spiro atoms. The molecule has 3 fully saturated rings. The summed E-state index contributed by atoms with van der Waals surface area (Å²) in [6.45, 7) is 6.70. The van der Waals surface area contributed by atoms with Crippen molar-refractivity contribution in [2.24, 2.45) is 34.0 Å². The van der Waals surface area contributed by atoms with E-state index >= 15 is 8.78 Å². The molecule has 4 aliphatic carbocycles. The molecule has 0 radical (unpaired) electrons. The van der Waals surface area contributed by atoms with Crippen molar-refractivity contribution in [1.29, 1.82) is 0 Å². The Morgan fingerprint density at radius 2 is 1.88 bits per heavy atom. The standard InChI is InChI=1S/C30H36Cl2F2NO3PS/c1-27-9-8-20(36)10-21(27)22(33)11-23-28(2)12-18(15-35(39)14-17-4-6-19(32)7-5-17)25(26(38)40-16-31)29(28,3)13-24(37)30(23,27)34/h4-10,18,22-25,37H,11-16,39H2,1-3H3. The molecule has 1 aromatic carbocycles. The van der Waals surface area contributed by atoms with Gasteiger partial charge in [-0.15, -0.1) is 11.6 Å². The van der Waals surface area contributed by atoms with Crippen LogP contribution in [0.2, 0.25) is 5.02 Å². The van der Waals surface area contributed by atoms with Crippen LogP contribution in [0, 0.1) is 34.0 Å². The normalized spacial score (nSPS) is 42.3. The van der Waals surface area contributed by atoms with Crippen LogP contribution >= 0.6 is 44.4 Å². The van der Waals surface area contributed by atoms with E-state index in [1.165, 1.54) is 18.2 Å². The fraction of sp³-hybridized carbons (Fsp3) is 0.600. The summed E-state index contributed by atoms with van der Waals surface area (Å²) < 4.78 is 35.7. The number of nitrogens with zero attached hydrogens (tertiary/aromatic N) is 1. The van der Waals surface area contributed by atoms with Crippen molar-refractivity contribution in [1.82, 2.24) is 4.67 Å². The number of benzene rings is 1. The Morgan fingerprint density at radius 1 is 1.20 bits per heavy atom. The third-order valence-corrected chi connectivity index (χ3v) is 12.4. The van der Waals surface area contributed by atoms with Crippen molar-refractivity contribution >= 4 is 55.3 Å². The molecule has 10 atom stereocenters. The minimum Gasteiger partial charge on any atom is -0.390 e. The van der Waals surface area contributed by atoms with Gasteiger partial charge in [-0.05, 0) is 78.4 Å². The molecule has 3 saturated carbocycles. The topological polar surface area (TPSA) is 57.6 Å². The number of allylic oxidation sites excluding steroid dienone is 4.